The van der Waals surface area contributed by atoms with Gasteiger partial charge >= 0.3 is 0 Å². The standard InChI is InChI=1S/C6H8N2.C2H6/c7-5-3-1-2-4-6-8;1-2/h1-4H2;1-2H3. The van der Waals surface area contributed by atoms with Gasteiger partial charge in [0.2, 0.25) is 0 Å². The minimum Gasteiger partial charge on any atom is -0.198 e. The van der Waals surface area contributed by atoms with Crippen molar-refractivity contribution in [3.8, 4) is 12.1 Å². The van der Waals surface area contributed by atoms with Crippen LogP contribution in [0.5, 0.6) is 0 Å². The van der Waals surface area contributed by atoms with E-state index in [1.54, 1.807) is 0 Å². The average molecular weight is 138 g/mol. The Kier molecular flexibility index (Phi) is 18.4. The second-order valence-corrected chi connectivity index (χ2v) is 1.52. The van der Waals surface area contributed by atoms with Crippen LogP contribution in [-0.4, -0.2) is 0 Å². The van der Waals surface area contributed by atoms with Gasteiger partial charge in [0.25, 0.3) is 0 Å². The third kappa shape index (κ3) is 15.8. The normalized spacial score (nSPS) is 6.40. The second-order valence-electron chi connectivity index (χ2n) is 1.52. The lowest BCUT2D eigenvalue weighted by Crippen LogP contribution is -1.70. The summed E-state index contributed by atoms with van der Waals surface area (Å²) in [6.07, 6.45) is 2.90. The number of nitriles is 2. The van der Waals surface area contributed by atoms with E-state index in [0.717, 1.165) is 12.8 Å². The second kappa shape index (κ2) is 15.7. The van der Waals surface area contributed by atoms with E-state index in [1.807, 2.05) is 26.0 Å². The van der Waals surface area contributed by atoms with Gasteiger partial charge in [-0.2, -0.15) is 10.5 Å². The molecule has 10 heavy (non-hydrogen) atoms. The first-order valence-electron chi connectivity index (χ1n) is 3.65. The lowest BCUT2D eigenvalue weighted by Gasteiger charge is -1.83. The lowest BCUT2D eigenvalue weighted by molar-refractivity contribution is 0.773. The van der Waals surface area contributed by atoms with E-state index in [0.29, 0.717) is 12.8 Å². The fourth-order valence-corrected chi connectivity index (χ4v) is 0.408. The van der Waals surface area contributed by atoms with E-state index in [9.17, 15) is 0 Å². The van der Waals surface area contributed by atoms with Crippen molar-refractivity contribution in [2.24, 2.45) is 0 Å². The van der Waals surface area contributed by atoms with Gasteiger partial charge < -0.3 is 0 Å². The van der Waals surface area contributed by atoms with Crippen molar-refractivity contribution in [1.82, 2.24) is 0 Å². The third-order valence-electron chi connectivity index (χ3n) is 0.827. The van der Waals surface area contributed by atoms with Crippen molar-refractivity contribution in [2.45, 2.75) is 39.5 Å². The summed E-state index contributed by atoms with van der Waals surface area (Å²) in [5, 5.41) is 16.1. The summed E-state index contributed by atoms with van der Waals surface area (Å²) in [5.74, 6) is 0. The highest BCUT2D eigenvalue weighted by Gasteiger charge is 1.83. The smallest absolute Gasteiger partial charge is 0.0621 e. The van der Waals surface area contributed by atoms with Gasteiger partial charge in [0.15, 0.2) is 0 Å². The van der Waals surface area contributed by atoms with E-state index in [4.69, 9.17) is 10.5 Å². The zero-order chi connectivity index (χ0) is 8.24. The Hall–Kier alpha value is -1.02. The molecule has 56 valence electrons. The maximum absolute atomic E-state index is 8.03. The Balaban J connectivity index is 0. The predicted molar refractivity (Wildman–Crippen MR) is 41.0 cm³/mol. The molecule has 0 saturated heterocycles. The van der Waals surface area contributed by atoms with E-state index in [2.05, 4.69) is 0 Å². The molecule has 0 radical (unpaired) electrons. The van der Waals surface area contributed by atoms with Crippen LogP contribution in [0.25, 0.3) is 0 Å². The molecule has 0 spiro atoms. The Labute approximate surface area is 63.1 Å². The molecule has 0 unspecified atom stereocenters. The van der Waals surface area contributed by atoms with Gasteiger partial charge in [-0.3, -0.25) is 0 Å². The predicted octanol–water partition coefficient (Wildman–Crippen LogP) is 2.62. The van der Waals surface area contributed by atoms with Gasteiger partial charge in [0, 0.05) is 12.8 Å². The largest absolute Gasteiger partial charge is 0.198 e. The van der Waals surface area contributed by atoms with E-state index >= 15 is 0 Å². The Morgan fingerprint density at radius 2 is 1.20 bits per heavy atom. The van der Waals surface area contributed by atoms with Gasteiger partial charge in [-0.1, -0.05) is 13.8 Å². The van der Waals surface area contributed by atoms with Gasteiger partial charge in [-0.25, -0.2) is 0 Å². The average Bonchev–Trinajstić information content (AvgIpc) is 2.02. The van der Waals surface area contributed by atoms with Crippen molar-refractivity contribution in [1.29, 1.82) is 10.5 Å². The summed E-state index contributed by atoms with van der Waals surface area (Å²) < 4.78 is 0. The van der Waals surface area contributed by atoms with Crippen LogP contribution in [0, 0.1) is 22.7 Å². The molecule has 0 rings (SSSR count). The summed E-state index contributed by atoms with van der Waals surface area (Å²) in [5.41, 5.74) is 0. The third-order valence-corrected chi connectivity index (χ3v) is 0.827. The first-order chi connectivity index (χ1) is 4.91. The van der Waals surface area contributed by atoms with Gasteiger partial charge in [0.1, 0.15) is 0 Å². The highest BCUT2D eigenvalue weighted by atomic mass is 14.2. The first-order valence-corrected chi connectivity index (χ1v) is 3.65. The van der Waals surface area contributed by atoms with Crippen LogP contribution in [-0.2, 0) is 0 Å². The van der Waals surface area contributed by atoms with Crippen molar-refractivity contribution < 1.29 is 0 Å². The number of hydrogen-bond acceptors (Lipinski definition) is 2. The minimum atomic E-state index is 0.585. The monoisotopic (exact) mass is 138 g/mol. The molecule has 2 heteroatoms. The first kappa shape index (κ1) is 11.7. The van der Waals surface area contributed by atoms with Crippen molar-refractivity contribution >= 4 is 0 Å². The zero-order valence-corrected chi connectivity index (χ0v) is 6.72. The maximum atomic E-state index is 8.03. The van der Waals surface area contributed by atoms with E-state index in [-0.39, 0.29) is 0 Å². The number of nitrogens with zero attached hydrogens (tertiary/aromatic N) is 2. The molecule has 0 N–H and O–H groups in total. The number of unbranched alkanes of at least 4 members (excludes halogenated alkanes) is 3. The van der Waals surface area contributed by atoms with Crippen LogP contribution >= 0.6 is 0 Å². The molecule has 0 aromatic heterocycles. The van der Waals surface area contributed by atoms with Gasteiger partial charge in [-0.15, -0.1) is 0 Å². The zero-order valence-electron chi connectivity index (χ0n) is 6.72. The number of rotatable bonds is 3. The molecule has 0 heterocycles. The number of hydrogen-bond donors (Lipinski definition) is 0. The topological polar surface area (TPSA) is 47.6 Å². The van der Waals surface area contributed by atoms with Crippen LogP contribution in [0.1, 0.15) is 39.5 Å². The molecule has 0 saturated carbocycles. The molecule has 0 aliphatic heterocycles. The van der Waals surface area contributed by atoms with Crippen LogP contribution in [0.15, 0.2) is 0 Å². The molecule has 0 aliphatic rings. The quantitative estimate of drug-likeness (QED) is 0.563. The summed E-state index contributed by atoms with van der Waals surface area (Å²) in [7, 11) is 0. The molecule has 0 aromatic carbocycles. The molecule has 2 nitrogen and oxygen atoms in total. The van der Waals surface area contributed by atoms with Gasteiger partial charge in [0.05, 0.1) is 12.1 Å². The van der Waals surface area contributed by atoms with Crippen LogP contribution < -0.4 is 0 Å². The maximum Gasteiger partial charge on any atom is 0.0621 e. The lowest BCUT2D eigenvalue weighted by atomic mass is 10.2. The van der Waals surface area contributed by atoms with Crippen LogP contribution in [0.3, 0.4) is 0 Å². The Bertz CT molecular complexity index is 100. The Morgan fingerprint density at radius 1 is 0.900 bits per heavy atom. The summed E-state index contributed by atoms with van der Waals surface area (Å²) in [4.78, 5) is 0. The molecular weight excluding hydrogens is 124 g/mol. The molecule has 0 amide bonds. The highest BCUT2D eigenvalue weighted by molar-refractivity contribution is 4.72. The minimum absolute atomic E-state index is 0.585. The molecule has 0 bridgehead atoms. The highest BCUT2D eigenvalue weighted by Crippen LogP contribution is 1.95. The van der Waals surface area contributed by atoms with Crippen molar-refractivity contribution in [3.05, 3.63) is 0 Å². The van der Waals surface area contributed by atoms with E-state index < -0.39 is 0 Å². The molecular formula is C8H14N2. The van der Waals surface area contributed by atoms with Crippen LogP contribution in [0.2, 0.25) is 0 Å². The molecule has 0 aliphatic carbocycles. The van der Waals surface area contributed by atoms with E-state index in [1.165, 1.54) is 0 Å². The summed E-state index contributed by atoms with van der Waals surface area (Å²) in [6.45, 7) is 4.00. The summed E-state index contributed by atoms with van der Waals surface area (Å²) >= 11 is 0. The Morgan fingerprint density at radius 3 is 1.40 bits per heavy atom. The molecule has 0 atom stereocenters. The fraction of sp³-hybridized carbons (Fsp3) is 0.750. The van der Waals surface area contributed by atoms with Crippen molar-refractivity contribution in [2.75, 3.05) is 0 Å². The van der Waals surface area contributed by atoms with Gasteiger partial charge in [-0.05, 0) is 12.8 Å². The fourth-order valence-electron chi connectivity index (χ4n) is 0.408. The SMILES string of the molecule is CC.N#CCCCCC#N. The van der Waals surface area contributed by atoms with Crippen molar-refractivity contribution in [3.63, 3.8) is 0 Å². The van der Waals surface area contributed by atoms with Crippen LogP contribution in [0.4, 0.5) is 0 Å². The molecule has 0 aromatic rings. The molecule has 0 fully saturated rings. The summed E-state index contributed by atoms with van der Waals surface area (Å²) in [6, 6.07) is 4.03.